The Balaban J connectivity index is 1.50. The number of hydrogen-bond acceptors (Lipinski definition) is 3. The molecular weight excluding hydrogens is 406 g/mol. The number of halogens is 5. The zero-order valence-electron chi connectivity index (χ0n) is 14.0. The van der Waals surface area contributed by atoms with E-state index in [4.69, 9.17) is 27.9 Å². The molecular formula is C17H16Cl2F3N3O2. The second-order valence-electron chi connectivity index (χ2n) is 6.16. The number of ether oxygens (including phenoxy) is 1. The number of aromatic nitrogens is 2. The summed E-state index contributed by atoms with van der Waals surface area (Å²) in [7, 11) is 0. The molecule has 27 heavy (non-hydrogen) atoms. The van der Waals surface area contributed by atoms with E-state index >= 15 is 0 Å². The molecule has 1 aliphatic rings. The summed E-state index contributed by atoms with van der Waals surface area (Å²) < 4.78 is 45.2. The fourth-order valence-corrected chi connectivity index (χ4v) is 3.01. The number of benzene rings is 1. The molecule has 1 heterocycles. The third-order valence-corrected chi connectivity index (χ3v) is 4.53. The molecule has 0 atom stereocenters. The molecule has 10 heteroatoms. The van der Waals surface area contributed by atoms with Crippen LogP contribution < -0.4 is 10.1 Å². The molecule has 0 aliphatic heterocycles. The highest BCUT2D eigenvalue weighted by molar-refractivity contribution is 6.35. The summed E-state index contributed by atoms with van der Waals surface area (Å²) in [4.78, 5) is 11.9. The van der Waals surface area contributed by atoms with Crippen LogP contribution in [0.2, 0.25) is 10.0 Å². The van der Waals surface area contributed by atoms with Crippen LogP contribution in [0.1, 0.15) is 30.1 Å². The van der Waals surface area contributed by atoms with Crippen LogP contribution in [-0.4, -0.2) is 28.8 Å². The molecule has 1 aliphatic carbocycles. The number of alkyl halides is 3. The fraction of sp³-hybridized carbons (Fsp3) is 0.412. The molecule has 3 rings (SSSR count). The monoisotopic (exact) mass is 421 g/mol. The lowest BCUT2D eigenvalue weighted by Gasteiger charge is -2.10. The zero-order chi connectivity index (χ0) is 19.6. The summed E-state index contributed by atoms with van der Waals surface area (Å²) in [6.07, 6.45) is -2.78. The van der Waals surface area contributed by atoms with Gasteiger partial charge in [-0.2, -0.15) is 18.3 Å². The van der Waals surface area contributed by atoms with Crippen molar-refractivity contribution in [2.24, 2.45) is 0 Å². The van der Waals surface area contributed by atoms with E-state index in [0.717, 1.165) is 18.9 Å². The third-order valence-electron chi connectivity index (χ3n) is 4.00. The summed E-state index contributed by atoms with van der Waals surface area (Å²) in [6, 6.07) is 5.70. The number of nitrogens with zero attached hydrogens (tertiary/aromatic N) is 2. The van der Waals surface area contributed by atoms with Crippen molar-refractivity contribution >= 4 is 29.1 Å². The first-order valence-corrected chi connectivity index (χ1v) is 8.99. The van der Waals surface area contributed by atoms with Crippen LogP contribution in [0.5, 0.6) is 5.75 Å². The van der Waals surface area contributed by atoms with E-state index in [2.05, 4.69) is 10.4 Å². The van der Waals surface area contributed by atoms with Crippen LogP contribution in [0.25, 0.3) is 0 Å². The van der Waals surface area contributed by atoms with Crippen LogP contribution >= 0.6 is 23.2 Å². The summed E-state index contributed by atoms with van der Waals surface area (Å²) in [5.74, 6) is 0.00556. The van der Waals surface area contributed by atoms with E-state index in [-0.39, 0.29) is 30.6 Å². The van der Waals surface area contributed by atoms with Crippen molar-refractivity contribution in [2.75, 3.05) is 13.2 Å². The highest BCUT2D eigenvalue weighted by Gasteiger charge is 2.37. The molecule has 0 bridgehead atoms. The van der Waals surface area contributed by atoms with Gasteiger partial charge in [-0.3, -0.25) is 9.48 Å². The normalized spacial score (nSPS) is 14.3. The molecule has 1 aromatic heterocycles. The predicted octanol–water partition coefficient (Wildman–Crippen LogP) is 4.28. The summed E-state index contributed by atoms with van der Waals surface area (Å²) in [5.41, 5.74) is -0.350. The van der Waals surface area contributed by atoms with Gasteiger partial charge in [0.1, 0.15) is 5.75 Å². The summed E-state index contributed by atoms with van der Waals surface area (Å²) in [5, 5.41) is 6.95. The van der Waals surface area contributed by atoms with Crippen molar-refractivity contribution in [3.8, 4) is 5.75 Å². The molecule has 1 N–H and O–H groups in total. The number of carbonyl (C=O) groups is 1. The van der Waals surface area contributed by atoms with Gasteiger partial charge in [-0.25, -0.2) is 0 Å². The van der Waals surface area contributed by atoms with Crippen molar-refractivity contribution < 1.29 is 22.7 Å². The lowest BCUT2D eigenvalue weighted by Crippen LogP contribution is -2.32. The molecule has 1 amide bonds. The second kappa shape index (κ2) is 7.98. The standard InChI is InChI=1S/C17H16Cl2F3N3O2/c18-11-3-4-14(12(19)7-11)27-9-16(26)23-5-6-25-13(10-1-2-10)8-15(24-25)17(20,21)22/h3-4,7-8,10H,1-2,5-6,9H2,(H,23,26). The highest BCUT2D eigenvalue weighted by atomic mass is 35.5. The molecule has 0 saturated heterocycles. The predicted molar refractivity (Wildman–Crippen MR) is 94.2 cm³/mol. The molecule has 0 unspecified atom stereocenters. The molecule has 1 aromatic carbocycles. The van der Waals surface area contributed by atoms with Crippen molar-refractivity contribution in [3.63, 3.8) is 0 Å². The Hall–Kier alpha value is -1.93. The molecule has 0 spiro atoms. The minimum Gasteiger partial charge on any atom is -0.482 e. The molecule has 0 radical (unpaired) electrons. The second-order valence-corrected chi connectivity index (χ2v) is 7.01. The van der Waals surface area contributed by atoms with E-state index in [9.17, 15) is 18.0 Å². The number of rotatable bonds is 7. The third kappa shape index (κ3) is 5.29. The zero-order valence-corrected chi connectivity index (χ0v) is 15.5. The Morgan fingerprint density at radius 2 is 2.04 bits per heavy atom. The fourth-order valence-electron chi connectivity index (χ4n) is 2.54. The van der Waals surface area contributed by atoms with Crippen LogP contribution in [0.15, 0.2) is 24.3 Å². The summed E-state index contributed by atoms with van der Waals surface area (Å²) in [6.45, 7) is 0.00827. The molecule has 1 fully saturated rings. The van der Waals surface area contributed by atoms with Crippen molar-refractivity contribution in [2.45, 2.75) is 31.5 Å². The van der Waals surface area contributed by atoms with Gasteiger partial charge in [-0.15, -0.1) is 0 Å². The van der Waals surface area contributed by atoms with Gasteiger partial charge in [0.05, 0.1) is 11.6 Å². The van der Waals surface area contributed by atoms with E-state index in [1.807, 2.05) is 0 Å². The van der Waals surface area contributed by atoms with E-state index in [0.29, 0.717) is 16.5 Å². The summed E-state index contributed by atoms with van der Waals surface area (Å²) >= 11 is 11.7. The van der Waals surface area contributed by atoms with Gasteiger partial charge < -0.3 is 10.1 Å². The van der Waals surface area contributed by atoms with Crippen LogP contribution in [0.4, 0.5) is 13.2 Å². The Morgan fingerprint density at radius 1 is 1.30 bits per heavy atom. The maximum absolute atomic E-state index is 12.9. The van der Waals surface area contributed by atoms with E-state index in [1.165, 1.54) is 10.7 Å². The van der Waals surface area contributed by atoms with Crippen LogP contribution in [0.3, 0.4) is 0 Å². The first-order chi connectivity index (χ1) is 12.7. The van der Waals surface area contributed by atoms with Gasteiger partial charge in [0, 0.05) is 23.2 Å². The first-order valence-electron chi connectivity index (χ1n) is 8.23. The largest absolute Gasteiger partial charge is 0.482 e. The van der Waals surface area contributed by atoms with Gasteiger partial charge in [0.25, 0.3) is 5.91 Å². The Labute approximate surface area is 163 Å². The molecule has 1 saturated carbocycles. The minimum absolute atomic E-state index is 0.111. The topological polar surface area (TPSA) is 56.1 Å². The quantitative estimate of drug-likeness (QED) is 0.725. The van der Waals surface area contributed by atoms with Gasteiger partial charge in [0.2, 0.25) is 0 Å². The smallest absolute Gasteiger partial charge is 0.435 e. The van der Waals surface area contributed by atoms with Gasteiger partial charge in [-0.05, 0) is 37.1 Å². The maximum Gasteiger partial charge on any atom is 0.435 e. The maximum atomic E-state index is 12.9. The number of carbonyl (C=O) groups excluding carboxylic acids is 1. The molecule has 2 aromatic rings. The van der Waals surface area contributed by atoms with Crippen molar-refractivity contribution in [3.05, 3.63) is 45.7 Å². The highest BCUT2D eigenvalue weighted by Crippen LogP contribution is 2.42. The lowest BCUT2D eigenvalue weighted by atomic mass is 10.2. The van der Waals surface area contributed by atoms with Gasteiger partial charge in [0.15, 0.2) is 12.3 Å². The number of hydrogen-bond donors (Lipinski definition) is 1. The minimum atomic E-state index is -4.48. The van der Waals surface area contributed by atoms with Gasteiger partial charge >= 0.3 is 6.18 Å². The molecule has 146 valence electrons. The van der Waals surface area contributed by atoms with Crippen LogP contribution in [-0.2, 0) is 17.5 Å². The average Bonchev–Trinajstić information content (AvgIpc) is 3.33. The van der Waals surface area contributed by atoms with Gasteiger partial charge in [-0.1, -0.05) is 23.2 Å². The van der Waals surface area contributed by atoms with Crippen molar-refractivity contribution in [1.29, 1.82) is 0 Å². The lowest BCUT2D eigenvalue weighted by molar-refractivity contribution is -0.141. The Bertz CT molecular complexity index is 835. The van der Waals surface area contributed by atoms with Crippen molar-refractivity contribution in [1.82, 2.24) is 15.1 Å². The Kier molecular flexibility index (Phi) is 5.86. The van der Waals surface area contributed by atoms with E-state index < -0.39 is 17.8 Å². The number of amides is 1. The number of nitrogens with one attached hydrogen (secondary N) is 1. The molecule has 5 nitrogen and oxygen atoms in total. The SMILES string of the molecule is O=C(COc1ccc(Cl)cc1Cl)NCCn1nc(C(F)(F)F)cc1C1CC1. The Morgan fingerprint density at radius 3 is 2.67 bits per heavy atom. The first kappa shape index (κ1) is 19.8. The van der Waals surface area contributed by atoms with Crippen LogP contribution in [0, 0.1) is 0 Å². The van der Waals surface area contributed by atoms with E-state index in [1.54, 1.807) is 12.1 Å². The average molecular weight is 422 g/mol.